The molecule has 0 bridgehead atoms. The van der Waals surface area contributed by atoms with Crippen LogP contribution in [0, 0.1) is 0 Å². The summed E-state index contributed by atoms with van der Waals surface area (Å²) in [6.07, 6.45) is 4.21. The van der Waals surface area contributed by atoms with Crippen LogP contribution in [0.5, 0.6) is 0 Å². The summed E-state index contributed by atoms with van der Waals surface area (Å²) in [6.45, 7) is 1.72. The Morgan fingerprint density at radius 2 is 2.14 bits per heavy atom. The standard InChI is InChI=1S/C14H17ClN4OS/c1-9(20)10-6-7-13(12(15)8-10)21-14-16-17-18-19(14)11-4-2-3-5-11/h6-9,11,20H,2-5H2,1H3. The summed E-state index contributed by atoms with van der Waals surface area (Å²) in [5.74, 6) is 0. The molecule has 1 heterocycles. The number of benzene rings is 1. The summed E-state index contributed by atoms with van der Waals surface area (Å²) in [7, 11) is 0. The second kappa shape index (κ2) is 6.34. The predicted molar refractivity (Wildman–Crippen MR) is 81.5 cm³/mol. The van der Waals surface area contributed by atoms with E-state index >= 15 is 0 Å². The lowest BCUT2D eigenvalue weighted by molar-refractivity contribution is 0.199. The van der Waals surface area contributed by atoms with Gasteiger partial charge in [0.2, 0.25) is 5.16 Å². The lowest BCUT2D eigenvalue weighted by atomic mass is 10.1. The molecule has 1 aromatic heterocycles. The van der Waals surface area contributed by atoms with Crippen molar-refractivity contribution >= 4 is 23.4 Å². The van der Waals surface area contributed by atoms with Crippen LogP contribution in [0.3, 0.4) is 0 Å². The van der Waals surface area contributed by atoms with E-state index in [4.69, 9.17) is 11.6 Å². The molecule has 1 saturated carbocycles. The van der Waals surface area contributed by atoms with Crippen LogP contribution in [-0.2, 0) is 0 Å². The SMILES string of the molecule is CC(O)c1ccc(Sc2nnnn2C2CCCC2)c(Cl)c1. The molecule has 1 fully saturated rings. The number of halogens is 1. The third kappa shape index (κ3) is 3.22. The van der Waals surface area contributed by atoms with E-state index in [0.717, 1.165) is 28.5 Å². The first kappa shape index (κ1) is 14.8. The zero-order valence-electron chi connectivity index (χ0n) is 11.7. The van der Waals surface area contributed by atoms with Gasteiger partial charge >= 0.3 is 0 Å². The molecule has 5 nitrogen and oxygen atoms in total. The van der Waals surface area contributed by atoms with Crippen LogP contribution in [0.15, 0.2) is 28.3 Å². The van der Waals surface area contributed by atoms with Crippen molar-refractivity contribution in [1.82, 2.24) is 20.2 Å². The molecule has 0 saturated heterocycles. The molecule has 0 radical (unpaired) electrons. The molecule has 0 aliphatic heterocycles. The minimum absolute atomic E-state index is 0.401. The molecular formula is C14H17ClN4OS. The number of aliphatic hydroxyl groups is 1. The van der Waals surface area contributed by atoms with Crippen molar-refractivity contribution in [3.05, 3.63) is 28.8 Å². The molecule has 21 heavy (non-hydrogen) atoms. The number of tetrazole rings is 1. The van der Waals surface area contributed by atoms with E-state index in [-0.39, 0.29) is 0 Å². The number of rotatable bonds is 4. The van der Waals surface area contributed by atoms with Gasteiger partial charge < -0.3 is 5.11 Å². The quantitative estimate of drug-likeness (QED) is 0.930. The number of nitrogens with zero attached hydrogens (tertiary/aromatic N) is 4. The maximum atomic E-state index is 9.58. The summed E-state index contributed by atoms with van der Waals surface area (Å²) in [5, 5.41) is 23.0. The van der Waals surface area contributed by atoms with Crippen LogP contribution >= 0.6 is 23.4 Å². The summed E-state index contributed by atoms with van der Waals surface area (Å²) in [6, 6.07) is 5.97. The van der Waals surface area contributed by atoms with E-state index in [1.807, 2.05) is 16.8 Å². The zero-order chi connectivity index (χ0) is 14.8. The first-order chi connectivity index (χ1) is 10.1. The Morgan fingerprint density at radius 1 is 1.38 bits per heavy atom. The average Bonchev–Trinajstić information content (AvgIpc) is 3.11. The highest BCUT2D eigenvalue weighted by atomic mass is 35.5. The van der Waals surface area contributed by atoms with E-state index in [2.05, 4.69) is 15.5 Å². The Labute approximate surface area is 132 Å². The molecule has 3 rings (SSSR count). The monoisotopic (exact) mass is 324 g/mol. The van der Waals surface area contributed by atoms with E-state index in [1.54, 1.807) is 13.0 Å². The van der Waals surface area contributed by atoms with Crippen LogP contribution in [0.2, 0.25) is 5.02 Å². The van der Waals surface area contributed by atoms with Gasteiger partial charge in [-0.1, -0.05) is 30.5 Å². The van der Waals surface area contributed by atoms with Gasteiger partial charge in [0, 0.05) is 4.90 Å². The molecule has 1 aliphatic rings. The first-order valence-electron chi connectivity index (χ1n) is 7.08. The van der Waals surface area contributed by atoms with Gasteiger partial charge in [-0.3, -0.25) is 0 Å². The number of aliphatic hydroxyl groups excluding tert-OH is 1. The third-order valence-corrected chi connectivity index (χ3v) is 5.22. The van der Waals surface area contributed by atoms with E-state index < -0.39 is 6.10 Å². The van der Waals surface area contributed by atoms with Crippen LogP contribution in [0.4, 0.5) is 0 Å². The molecule has 2 aromatic rings. The second-order valence-corrected chi connectivity index (χ2v) is 6.73. The van der Waals surface area contributed by atoms with E-state index in [0.29, 0.717) is 11.1 Å². The highest BCUT2D eigenvalue weighted by Crippen LogP contribution is 2.37. The number of hydrogen-bond donors (Lipinski definition) is 1. The Kier molecular flexibility index (Phi) is 4.47. The molecule has 0 spiro atoms. The Bertz CT molecular complexity index is 625. The fourth-order valence-electron chi connectivity index (χ4n) is 2.59. The normalized spacial score (nSPS) is 17.3. The van der Waals surface area contributed by atoms with Gasteiger partial charge in [-0.2, -0.15) is 0 Å². The summed E-state index contributed by atoms with van der Waals surface area (Å²) in [4.78, 5) is 0.898. The van der Waals surface area contributed by atoms with Gasteiger partial charge in [0.05, 0.1) is 17.2 Å². The topological polar surface area (TPSA) is 63.8 Å². The highest BCUT2D eigenvalue weighted by molar-refractivity contribution is 7.99. The summed E-state index contributed by atoms with van der Waals surface area (Å²) in [5.41, 5.74) is 0.805. The number of aromatic nitrogens is 4. The smallest absolute Gasteiger partial charge is 0.214 e. The Morgan fingerprint density at radius 3 is 2.81 bits per heavy atom. The molecule has 7 heteroatoms. The molecule has 1 N–H and O–H groups in total. The van der Waals surface area contributed by atoms with Gasteiger partial charge in [-0.15, -0.1) is 5.10 Å². The molecule has 112 valence electrons. The largest absolute Gasteiger partial charge is 0.389 e. The first-order valence-corrected chi connectivity index (χ1v) is 8.28. The molecule has 1 aromatic carbocycles. The average molecular weight is 325 g/mol. The molecular weight excluding hydrogens is 308 g/mol. The predicted octanol–water partition coefficient (Wildman–Crippen LogP) is 3.65. The Balaban J connectivity index is 1.82. The van der Waals surface area contributed by atoms with Gasteiger partial charge in [0.1, 0.15) is 0 Å². The molecule has 1 aliphatic carbocycles. The van der Waals surface area contributed by atoms with Gasteiger partial charge in [-0.05, 0) is 59.7 Å². The summed E-state index contributed by atoms with van der Waals surface area (Å²) < 4.78 is 1.91. The van der Waals surface area contributed by atoms with E-state index in [9.17, 15) is 5.11 Å². The van der Waals surface area contributed by atoms with E-state index in [1.165, 1.54) is 24.6 Å². The van der Waals surface area contributed by atoms with Crippen LogP contribution in [-0.4, -0.2) is 25.3 Å². The minimum Gasteiger partial charge on any atom is -0.389 e. The zero-order valence-corrected chi connectivity index (χ0v) is 13.3. The second-order valence-electron chi connectivity index (χ2n) is 5.31. The maximum absolute atomic E-state index is 9.58. The molecule has 1 atom stereocenters. The molecule has 1 unspecified atom stereocenters. The lowest BCUT2D eigenvalue weighted by Crippen LogP contribution is -2.08. The summed E-state index contributed by atoms with van der Waals surface area (Å²) >= 11 is 7.76. The third-order valence-electron chi connectivity index (χ3n) is 3.77. The van der Waals surface area contributed by atoms with Crippen molar-refractivity contribution in [2.45, 2.75) is 54.8 Å². The van der Waals surface area contributed by atoms with Crippen molar-refractivity contribution in [2.75, 3.05) is 0 Å². The van der Waals surface area contributed by atoms with Crippen molar-refractivity contribution in [3.63, 3.8) is 0 Å². The molecule has 0 amide bonds. The van der Waals surface area contributed by atoms with Crippen molar-refractivity contribution in [2.24, 2.45) is 0 Å². The van der Waals surface area contributed by atoms with Crippen molar-refractivity contribution in [1.29, 1.82) is 0 Å². The fraction of sp³-hybridized carbons (Fsp3) is 0.500. The fourth-order valence-corrected chi connectivity index (χ4v) is 3.74. The van der Waals surface area contributed by atoms with Crippen molar-refractivity contribution in [3.8, 4) is 0 Å². The maximum Gasteiger partial charge on any atom is 0.214 e. The highest BCUT2D eigenvalue weighted by Gasteiger charge is 2.22. The van der Waals surface area contributed by atoms with Gasteiger partial charge in [0.25, 0.3) is 0 Å². The minimum atomic E-state index is -0.523. The van der Waals surface area contributed by atoms with Crippen molar-refractivity contribution < 1.29 is 5.11 Å². The van der Waals surface area contributed by atoms with Crippen LogP contribution in [0.25, 0.3) is 0 Å². The van der Waals surface area contributed by atoms with Crippen LogP contribution in [0.1, 0.15) is 50.3 Å². The van der Waals surface area contributed by atoms with Crippen LogP contribution < -0.4 is 0 Å². The number of hydrogen-bond acceptors (Lipinski definition) is 5. The van der Waals surface area contributed by atoms with Gasteiger partial charge in [-0.25, -0.2) is 4.68 Å². The Hall–Kier alpha value is -1.11. The van der Waals surface area contributed by atoms with Gasteiger partial charge in [0.15, 0.2) is 0 Å². The lowest BCUT2D eigenvalue weighted by Gasteiger charge is -2.12.